The Hall–Kier alpha value is -3.11. The van der Waals surface area contributed by atoms with E-state index in [0.29, 0.717) is 30.8 Å². The summed E-state index contributed by atoms with van der Waals surface area (Å²) in [7, 11) is -1.76. The number of aryl methyl sites for hydroxylation is 1. The van der Waals surface area contributed by atoms with E-state index in [4.69, 9.17) is 4.74 Å². The van der Waals surface area contributed by atoms with Gasteiger partial charge < -0.3 is 15.0 Å². The van der Waals surface area contributed by atoms with Gasteiger partial charge in [-0.3, -0.25) is 9.89 Å². The molecule has 1 unspecified atom stereocenters. The smallest absolute Gasteiger partial charge is 0.245 e. The molecule has 168 valence electrons. The number of carbonyl (C=O) groups excluding carboxylic acids is 1. The summed E-state index contributed by atoms with van der Waals surface area (Å²) < 4.78 is 33.8. The molecule has 1 atom stereocenters. The van der Waals surface area contributed by atoms with Gasteiger partial charge in [0.2, 0.25) is 15.9 Å². The summed E-state index contributed by atoms with van der Waals surface area (Å²) in [5.74, 6) is 0.115. The van der Waals surface area contributed by atoms with Crippen LogP contribution in [0, 0.1) is 12.8 Å². The zero-order valence-electron chi connectivity index (χ0n) is 18.0. The molecule has 2 aliphatic rings. The number of hydrogen-bond acceptors (Lipinski definition) is 6. The first-order valence-electron chi connectivity index (χ1n) is 10.6. The minimum atomic E-state index is -3.76. The first-order chi connectivity index (χ1) is 15.3. The molecule has 5 rings (SSSR count). The lowest BCUT2D eigenvalue weighted by atomic mass is 10.1. The Morgan fingerprint density at radius 2 is 2.09 bits per heavy atom. The number of amides is 1. The van der Waals surface area contributed by atoms with E-state index < -0.39 is 15.9 Å². The van der Waals surface area contributed by atoms with Gasteiger partial charge in [0.1, 0.15) is 17.3 Å². The van der Waals surface area contributed by atoms with Crippen molar-refractivity contribution in [3.05, 3.63) is 42.1 Å². The number of nitrogens with one attached hydrogen (secondary N) is 2. The van der Waals surface area contributed by atoms with Crippen LogP contribution < -0.4 is 15.0 Å². The molecule has 3 heterocycles. The first kappa shape index (κ1) is 20.8. The van der Waals surface area contributed by atoms with Crippen molar-refractivity contribution in [3.8, 4) is 5.75 Å². The molecule has 10 heteroatoms. The van der Waals surface area contributed by atoms with Gasteiger partial charge in [0, 0.05) is 37.3 Å². The lowest BCUT2D eigenvalue weighted by molar-refractivity contribution is -0.119. The van der Waals surface area contributed by atoms with Gasteiger partial charge in [-0.15, -0.1) is 0 Å². The Balaban J connectivity index is 1.32. The molecular formula is C22H25N5O4S. The minimum Gasteiger partial charge on any atom is -0.489 e. The molecule has 3 aromatic rings. The monoisotopic (exact) mass is 455 g/mol. The van der Waals surface area contributed by atoms with Crippen molar-refractivity contribution < 1.29 is 17.9 Å². The van der Waals surface area contributed by atoms with Crippen LogP contribution in [0.25, 0.3) is 10.9 Å². The lowest BCUT2D eigenvalue weighted by Crippen LogP contribution is -2.32. The van der Waals surface area contributed by atoms with Crippen LogP contribution in [0.4, 0.5) is 11.4 Å². The van der Waals surface area contributed by atoms with Crippen LogP contribution in [0.5, 0.6) is 5.75 Å². The molecule has 9 nitrogen and oxygen atoms in total. The summed E-state index contributed by atoms with van der Waals surface area (Å²) in [6.07, 6.45) is 2.08. The van der Waals surface area contributed by atoms with Crippen LogP contribution in [-0.4, -0.2) is 62.1 Å². The maximum Gasteiger partial charge on any atom is 0.245 e. The van der Waals surface area contributed by atoms with Crippen molar-refractivity contribution in [2.75, 3.05) is 43.5 Å². The molecule has 2 aliphatic heterocycles. The minimum absolute atomic E-state index is 0.141. The van der Waals surface area contributed by atoms with E-state index in [1.54, 1.807) is 12.3 Å². The molecule has 0 aliphatic carbocycles. The van der Waals surface area contributed by atoms with Crippen LogP contribution in [0.2, 0.25) is 0 Å². The highest BCUT2D eigenvalue weighted by atomic mass is 32.2. The van der Waals surface area contributed by atoms with Crippen molar-refractivity contribution >= 4 is 38.2 Å². The molecule has 1 aromatic heterocycles. The van der Waals surface area contributed by atoms with Crippen molar-refractivity contribution in [1.82, 2.24) is 14.5 Å². The number of sulfonamides is 1. The third kappa shape index (κ3) is 3.59. The first-order valence-corrected chi connectivity index (χ1v) is 12.0. The van der Waals surface area contributed by atoms with Gasteiger partial charge in [0.15, 0.2) is 0 Å². The highest BCUT2D eigenvalue weighted by molar-refractivity contribution is 7.89. The zero-order chi connectivity index (χ0) is 22.5. The molecule has 1 saturated heterocycles. The second kappa shape index (κ2) is 7.79. The Kier molecular flexibility index (Phi) is 5.06. The quantitative estimate of drug-likeness (QED) is 0.625. The topological polar surface area (TPSA) is 108 Å². The third-order valence-electron chi connectivity index (χ3n) is 6.12. The molecule has 2 aromatic carbocycles. The number of aromatic amines is 1. The lowest BCUT2D eigenvalue weighted by Gasteiger charge is -2.28. The van der Waals surface area contributed by atoms with E-state index in [1.165, 1.54) is 4.31 Å². The average Bonchev–Trinajstić information content (AvgIpc) is 3.43. The molecule has 0 saturated carbocycles. The predicted molar refractivity (Wildman–Crippen MR) is 122 cm³/mol. The van der Waals surface area contributed by atoms with Crippen LogP contribution in [0.1, 0.15) is 12.0 Å². The van der Waals surface area contributed by atoms with Gasteiger partial charge in [0.05, 0.1) is 29.9 Å². The van der Waals surface area contributed by atoms with E-state index in [9.17, 15) is 13.2 Å². The number of likely N-dealkylation sites (N-methyl/N-ethyl adjacent to an activating group) is 1. The second-order valence-corrected chi connectivity index (χ2v) is 10.3. The van der Waals surface area contributed by atoms with E-state index in [1.807, 2.05) is 38.2 Å². The van der Waals surface area contributed by atoms with E-state index in [2.05, 4.69) is 20.4 Å². The number of benzene rings is 2. The summed E-state index contributed by atoms with van der Waals surface area (Å²) >= 11 is 0. The van der Waals surface area contributed by atoms with Gasteiger partial charge in [-0.1, -0.05) is 0 Å². The summed E-state index contributed by atoms with van der Waals surface area (Å²) in [4.78, 5) is 15.2. The van der Waals surface area contributed by atoms with Crippen molar-refractivity contribution in [1.29, 1.82) is 0 Å². The molecule has 1 amide bonds. The number of H-pyrrole nitrogens is 1. The molecule has 0 spiro atoms. The number of nitrogens with zero attached hydrogens (tertiary/aromatic N) is 3. The van der Waals surface area contributed by atoms with Gasteiger partial charge >= 0.3 is 0 Å². The molecule has 2 N–H and O–H groups in total. The fourth-order valence-corrected chi connectivity index (χ4v) is 6.11. The van der Waals surface area contributed by atoms with E-state index in [0.717, 1.165) is 28.9 Å². The van der Waals surface area contributed by atoms with Gasteiger partial charge in [0.25, 0.3) is 0 Å². The number of carbonyl (C=O) groups is 1. The number of ether oxygens (including phenoxy) is 1. The van der Waals surface area contributed by atoms with Gasteiger partial charge in [-0.25, -0.2) is 8.42 Å². The highest BCUT2D eigenvalue weighted by Gasteiger charge is 2.37. The number of aromatic nitrogens is 2. The van der Waals surface area contributed by atoms with Crippen LogP contribution in [0.15, 0.2) is 41.4 Å². The zero-order valence-corrected chi connectivity index (χ0v) is 18.8. The van der Waals surface area contributed by atoms with Gasteiger partial charge in [-0.05, 0) is 43.2 Å². The summed E-state index contributed by atoms with van der Waals surface area (Å²) in [5.41, 5.74) is 2.95. The fraction of sp³-hybridized carbons (Fsp3) is 0.364. The van der Waals surface area contributed by atoms with Crippen LogP contribution in [0.3, 0.4) is 0 Å². The number of rotatable bonds is 4. The van der Waals surface area contributed by atoms with E-state index >= 15 is 0 Å². The Morgan fingerprint density at radius 3 is 2.94 bits per heavy atom. The molecule has 0 radical (unpaired) electrons. The number of anilines is 2. The predicted octanol–water partition coefficient (Wildman–Crippen LogP) is 2.35. The van der Waals surface area contributed by atoms with Gasteiger partial charge in [-0.2, -0.15) is 9.40 Å². The number of hydrogen-bond donors (Lipinski definition) is 2. The molecule has 1 fully saturated rings. The maximum absolute atomic E-state index is 13.3. The normalized spacial score (nSPS) is 19.1. The standard InChI is InChI=1S/C22H25N5O4S/c1-14-9-16-12-23-25-21(16)20(10-14)32(29,30)27-6-5-15(13-27)22(28)24-17-3-4-18-19(11-17)31-8-7-26(18)2/h3-4,9-12,15H,5-8,13H2,1-2H3,(H,23,25)(H,24,28). The average molecular weight is 456 g/mol. The summed E-state index contributed by atoms with van der Waals surface area (Å²) in [6.45, 7) is 3.70. The van der Waals surface area contributed by atoms with E-state index in [-0.39, 0.29) is 17.3 Å². The Morgan fingerprint density at radius 1 is 1.25 bits per heavy atom. The molecule has 0 bridgehead atoms. The van der Waals surface area contributed by atoms with Crippen LogP contribution in [-0.2, 0) is 14.8 Å². The Labute approximate surface area is 186 Å². The third-order valence-corrected chi connectivity index (χ3v) is 8.01. The Bertz CT molecular complexity index is 1300. The SMILES string of the molecule is Cc1cc(S(=O)(=O)N2CCC(C(=O)Nc3ccc4c(c3)OCCN4C)C2)c2[nH]ncc2c1. The molecular weight excluding hydrogens is 430 g/mol. The summed E-state index contributed by atoms with van der Waals surface area (Å²) in [5, 5.41) is 10.4. The summed E-state index contributed by atoms with van der Waals surface area (Å²) in [6, 6.07) is 9.11. The maximum atomic E-state index is 13.3. The van der Waals surface area contributed by atoms with Crippen molar-refractivity contribution in [3.63, 3.8) is 0 Å². The second-order valence-electron chi connectivity index (χ2n) is 8.39. The van der Waals surface area contributed by atoms with Crippen LogP contribution >= 0.6 is 0 Å². The van der Waals surface area contributed by atoms with Crippen molar-refractivity contribution in [2.24, 2.45) is 5.92 Å². The highest BCUT2D eigenvalue weighted by Crippen LogP contribution is 2.34. The van der Waals surface area contributed by atoms with Crippen molar-refractivity contribution in [2.45, 2.75) is 18.2 Å². The molecule has 32 heavy (non-hydrogen) atoms. The number of fused-ring (bicyclic) bond motifs is 2. The fourth-order valence-electron chi connectivity index (χ4n) is 4.35. The largest absolute Gasteiger partial charge is 0.489 e.